The Morgan fingerprint density at radius 2 is 1.96 bits per heavy atom. The highest BCUT2D eigenvalue weighted by molar-refractivity contribution is 5.96. The molecule has 1 heterocycles. The van der Waals surface area contributed by atoms with Crippen molar-refractivity contribution in [3.05, 3.63) is 59.7 Å². The van der Waals surface area contributed by atoms with Crippen LogP contribution in [0.1, 0.15) is 11.1 Å². The van der Waals surface area contributed by atoms with Crippen LogP contribution in [0.25, 0.3) is 0 Å². The zero-order chi connectivity index (χ0) is 17.6. The number of carbonyl (C=O) groups is 1. The van der Waals surface area contributed by atoms with E-state index in [-0.39, 0.29) is 18.3 Å². The summed E-state index contributed by atoms with van der Waals surface area (Å²) in [6.45, 7) is -2.39. The Balaban J connectivity index is 1.49. The first-order valence-electron chi connectivity index (χ1n) is 7.72. The van der Waals surface area contributed by atoms with Crippen molar-refractivity contribution in [2.45, 2.75) is 13.0 Å². The van der Waals surface area contributed by atoms with E-state index in [2.05, 4.69) is 9.89 Å². The number of carbonyl (C=O) groups excluding carboxylic acids is 1. The summed E-state index contributed by atoms with van der Waals surface area (Å²) in [7, 11) is 0. The smallest absolute Gasteiger partial charge is 0.387 e. The summed E-state index contributed by atoms with van der Waals surface area (Å²) in [5.74, 6) is -0.0984. The van der Waals surface area contributed by atoms with Gasteiger partial charge in [0.15, 0.2) is 6.61 Å². The Morgan fingerprint density at radius 3 is 2.72 bits per heavy atom. The molecule has 5 nitrogen and oxygen atoms in total. The Morgan fingerprint density at radius 1 is 1.20 bits per heavy atom. The molecule has 0 atom stereocenters. The molecule has 25 heavy (non-hydrogen) atoms. The van der Waals surface area contributed by atoms with Crippen molar-refractivity contribution in [2.24, 2.45) is 5.16 Å². The lowest BCUT2D eigenvalue weighted by Crippen LogP contribution is -2.31. The molecule has 0 saturated heterocycles. The molecule has 0 bridgehead atoms. The van der Waals surface area contributed by atoms with Gasteiger partial charge in [-0.2, -0.15) is 8.78 Å². The van der Waals surface area contributed by atoms with Crippen molar-refractivity contribution in [1.29, 1.82) is 0 Å². The van der Waals surface area contributed by atoms with Crippen LogP contribution in [0.5, 0.6) is 5.75 Å². The van der Waals surface area contributed by atoms with E-state index in [4.69, 9.17) is 4.84 Å². The third-order valence-electron chi connectivity index (χ3n) is 3.76. The standard InChI is InChI=1S/C18H16F2N2O3/c19-18(20)25-15-7-5-13(6-8-15)11-21-24-12-17(23)22-10-9-14-3-1-2-4-16(14)22/h1-8,11,18H,9-10,12H2/b21-11+. The van der Waals surface area contributed by atoms with Crippen LogP contribution in [-0.2, 0) is 16.1 Å². The molecule has 3 rings (SSSR count). The monoisotopic (exact) mass is 346 g/mol. The fourth-order valence-electron chi connectivity index (χ4n) is 2.60. The summed E-state index contributed by atoms with van der Waals surface area (Å²) in [5.41, 5.74) is 2.70. The number of ether oxygens (including phenoxy) is 1. The number of hydrogen-bond acceptors (Lipinski definition) is 4. The third-order valence-corrected chi connectivity index (χ3v) is 3.76. The molecule has 2 aromatic carbocycles. The molecular weight excluding hydrogens is 330 g/mol. The Hall–Kier alpha value is -2.96. The first kappa shape index (κ1) is 16.9. The average Bonchev–Trinajstić information content (AvgIpc) is 3.03. The van der Waals surface area contributed by atoms with Crippen LogP contribution >= 0.6 is 0 Å². The fourth-order valence-corrected chi connectivity index (χ4v) is 2.60. The lowest BCUT2D eigenvalue weighted by Gasteiger charge is -2.16. The SMILES string of the molecule is O=C(CO/N=C/c1ccc(OC(F)F)cc1)N1CCc2ccccc21. The van der Waals surface area contributed by atoms with Crippen LogP contribution in [0, 0.1) is 0 Å². The number of halogens is 2. The summed E-state index contributed by atoms with van der Waals surface area (Å²) >= 11 is 0. The Labute approximate surface area is 143 Å². The minimum atomic E-state index is -2.86. The van der Waals surface area contributed by atoms with Crippen LogP contribution in [0.3, 0.4) is 0 Å². The maximum absolute atomic E-state index is 12.2. The largest absolute Gasteiger partial charge is 0.435 e. The van der Waals surface area contributed by atoms with E-state index in [1.807, 2.05) is 24.3 Å². The molecule has 0 N–H and O–H groups in total. The number of anilines is 1. The minimum Gasteiger partial charge on any atom is -0.435 e. The third kappa shape index (κ3) is 4.32. The van der Waals surface area contributed by atoms with E-state index in [1.165, 1.54) is 18.3 Å². The van der Waals surface area contributed by atoms with Gasteiger partial charge in [0.1, 0.15) is 5.75 Å². The maximum atomic E-state index is 12.2. The van der Waals surface area contributed by atoms with E-state index in [9.17, 15) is 13.6 Å². The number of rotatable bonds is 6. The molecule has 1 aliphatic heterocycles. The molecule has 0 fully saturated rings. The van der Waals surface area contributed by atoms with Gasteiger partial charge in [-0.05, 0) is 47.9 Å². The average molecular weight is 346 g/mol. The maximum Gasteiger partial charge on any atom is 0.387 e. The molecule has 130 valence electrons. The number of hydrogen-bond donors (Lipinski definition) is 0. The van der Waals surface area contributed by atoms with Crippen molar-refractivity contribution < 1.29 is 23.1 Å². The summed E-state index contributed by atoms with van der Waals surface area (Å²) in [6.07, 6.45) is 2.23. The van der Waals surface area contributed by atoms with Gasteiger partial charge in [-0.3, -0.25) is 4.79 Å². The molecule has 7 heteroatoms. The lowest BCUT2D eigenvalue weighted by molar-refractivity contribution is -0.122. The molecule has 1 aliphatic rings. The molecule has 0 saturated carbocycles. The zero-order valence-electron chi connectivity index (χ0n) is 13.3. The van der Waals surface area contributed by atoms with Gasteiger partial charge in [-0.25, -0.2) is 0 Å². The van der Waals surface area contributed by atoms with Gasteiger partial charge in [0.25, 0.3) is 5.91 Å². The summed E-state index contributed by atoms with van der Waals surface area (Å²) in [5, 5.41) is 3.74. The van der Waals surface area contributed by atoms with Gasteiger partial charge in [-0.1, -0.05) is 23.4 Å². The van der Waals surface area contributed by atoms with Gasteiger partial charge >= 0.3 is 6.61 Å². The molecule has 0 unspecified atom stereocenters. The van der Waals surface area contributed by atoms with Crippen molar-refractivity contribution in [3.63, 3.8) is 0 Å². The van der Waals surface area contributed by atoms with Crippen LogP contribution in [0.15, 0.2) is 53.7 Å². The molecule has 0 aliphatic carbocycles. The number of alkyl halides is 2. The highest BCUT2D eigenvalue weighted by atomic mass is 19.3. The first-order chi connectivity index (χ1) is 12.1. The first-order valence-corrected chi connectivity index (χ1v) is 7.72. The topological polar surface area (TPSA) is 51.1 Å². The zero-order valence-corrected chi connectivity index (χ0v) is 13.3. The molecule has 0 radical (unpaired) electrons. The van der Waals surface area contributed by atoms with Gasteiger partial charge in [-0.15, -0.1) is 0 Å². The van der Waals surface area contributed by atoms with Crippen LogP contribution in [0.4, 0.5) is 14.5 Å². The van der Waals surface area contributed by atoms with Crippen LogP contribution in [-0.4, -0.2) is 31.9 Å². The number of amides is 1. The predicted octanol–water partition coefficient (Wildman–Crippen LogP) is 3.23. The molecule has 2 aromatic rings. The summed E-state index contributed by atoms with van der Waals surface area (Å²) < 4.78 is 28.4. The molecule has 0 aromatic heterocycles. The molecular formula is C18H16F2N2O3. The summed E-state index contributed by atoms with van der Waals surface area (Å²) in [4.78, 5) is 18.9. The number of fused-ring (bicyclic) bond motifs is 1. The van der Waals surface area contributed by atoms with Crippen molar-refractivity contribution in [1.82, 2.24) is 0 Å². The van der Waals surface area contributed by atoms with E-state index in [0.717, 1.165) is 17.7 Å². The van der Waals surface area contributed by atoms with Crippen molar-refractivity contribution >= 4 is 17.8 Å². The second kappa shape index (κ2) is 7.74. The Kier molecular flexibility index (Phi) is 5.23. The number of nitrogens with zero attached hydrogens (tertiary/aromatic N) is 2. The van der Waals surface area contributed by atoms with Crippen LogP contribution in [0.2, 0.25) is 0 Å². The molecule has 1 amide bonds. The lowest BCUT2D eigenvalue weighted by atomic mass is 10.2. The van der Waals surface area contributed by atoms with Gasteiger partial charge < -0.3 is 14.5 Å². The normalized spacial score (nSPS) is 13.3. The number of oxime groups is 1. The fraction of sp³-hybridized carbons (Fsp3) is 0.222. The van der Waals surface area contributed by atoms with E-state index < -0.39 is 6.61 Å². The highest BCUT2D eigenvalue weighted by Gasteiger charge is 2.24. The molecule has 0 spiro atoms. The van der Waals surface area contributed by atoms with Gasteiger partial charge in [0, 0.05) is 12.2 Å². The predicted molar refractivity (Wildman–Crippen MR) is 89.1 cm³/mol. The number of benzene rings is 2. The van der Waals surface area contributed by atoms with E-state index >= 15 is 0 Å². The number of para-hydroxylation sites is 1. The van der Waals surface area contributed by atoms with E-state index in [1.54, 1.807) is 17.0 Å². The van der Waals surface area contributed by atoms with Crippen LogP contribution < -0.4 is 9.64 Å². The van der Waals surface area contributed by atoms with Gasteiger partial charge in [0.2, 0.25) is 0 Å². The second-order valence-corrected chi connectivity index (χ2v) is 5.38. The second-order valence-electron chi connectivity index (χ2n) is 5.38. The van der Waals surface area contributed by atoms with Crippen molar-refractivity contribution in [3.8, 4) is 5.75 Å². The summed E-state index contributed by atoms with van der Waals surface area (Å²) in [6, 6.07) is 13.7. The minimum absolute atomic E-state index is 0.0657. The van der Waals surface area contributed by atoms with Crippen molar-refractivity contribution in [2.75, 3.05) is 18.1 Å². The quantitative estimate of drug-likeness (QED) is 0.596. The van der Waals surface area contributed by atoms with Gasteiger partial charge in [0.05, 0.1) is 6.21 Å². The van der Waals surface area contributed by atoms with E-state index in [0.29, 0.717) is 12.1 Å². The Bertz CT molecular complexity index is 763. The highest BCUT2D eigenvalue weighted by Crippen LogP contribution is 2.27.